The molecule has 100 valence electrons. The molecular formula is C10H9F2N5O2. The van der Waals surface area contributed by atoms with Crippen molar-refractivity contribution in [3.05, 3.63) is 41.7 Å². The summed E-state index contributed by atoms with van der Waals surface area (Å²) in [7, 11) is 0. The van der Waals surface area contributed by atoms with Crippen LogP contribution in [0.15, 0.2) is 24.5 Å². The third-order valence-corrected chi connectivity index (χ3v) is 2.32. The van der Waals surface area contributed by atoms with Gasteiger partial charge < -0.3 is 10.5 Å². The van der Waals surface area contributed by atoms with E-state index < -0.39 is 23.8 Å². The van der Waals surface area contributed by atoms with Crippen molar-refractivity contribution in [2.45, 2.75) is 12.6 Å². The number of nitrogens with zero attached hydrogens (tertiary/aromatic N) is 4. The number of aromatic nitrogens is 4. The van der Waals surface area contributed by atoms with E-state index in [1.165, 1.54) is 17.1 Å². The Bertz CT molecular complexity index is 575. The van der Waals surface area contributed by atoms with Gasteiger partial charge in [0.05, 0.1) is 6.54 Å². The summed E-state index contributed by atoms with van der Waals surface area (Å²) in [6.07, 6.45) is -0.670. The number of hydrogen-bond acceptors (Lipinski definition) is 5. The number of rotatable bonds is 4. The van der Waals surface area contributed by atoms with Crippen molar-refractivity contribution in [1.82, 2.24) is 20.2 Å². The Labute approximate surface area is 106 Å². The fraction of sp³-hybridized carbons (Fsp3) is 0.200. The minimum atomic E-state index is -1.05. The van der Waals surface area contributed by atoms with Crippen LogP contribution in [0.4, 0.5) is 13.6 Å². The smallest absolute Gasteiger partial charge is 0.405 e. The van der Waals surface area contributed by atoms with Crippen LogP contribution in [0.25, 0.3) is 0 Å². The van der Waals surface area contributed by atoms with Crippen LogP contribution in [0, 0.1) is 11.6 Å². The molecule has 0 fully saturated rings. The maximum Gasteiger partial charge on any atom is 0.405 e. The van der Waals surface area contributed by atoms with Gasteiger partial charge in [-0.2, -0.15) is 0 Å². The highest BCUT2D eigenvalue weighted by molar-refractivity contribution is 5.65. The lowest BCUT2D eigenvalue weighted by Crippen LogP contribution is -2.21. The van der Waals surface area contributed by atoms with Gasteiger partial charge in [-0.3, -0.25) is 0 Å². The molecule has 7 nitrogen and oxygen atoms in total. The van der Waals surface area contributed by atoms with Gasteiger partial charge in [-0.25, -0.2) is 18.3 Å². The van der Waals surface area contributed by atoms with E-state index >= 15 is 0 Å². The van der Waals surface area contributed by atoms with Crippen molar-refractivity contribution >= 4 is 6.09 Å². The number of carbonyl (C=O) groups is 1. The molecule has 19 heavy (non-hydrogen) atoms. The molecule has 2 N–H and O–H groups in total. The summed E-state index contributed by atoms with van der Waals surface area (Å²) in [5.41, 5.74) is 5.18. The fourth-order valence-corrected chi connectivity index (χ4v) is 1.50. The number of tetrazole rings is 1. The zero-order chi connectivity index (χ0) is 13.8. The Morgan fingerprint density at radius 2 is 2.21 bits per heavy atom. The van der Waals surface area contributed by atoms with E-state index in [1.807, 2.05) is 0 Å². The van der Waals surface area contributed by atoms with Crippen LogP contribution in [0.2, 0.25) is 0 Å². The molecule has 0 aliphatic carbocycles. The molecule has 1 unspecified atom stereocenters. The average molecular weight is 269 g/mol. The van der Waals surface area contributed by atoms with Crippen LogP contribution in [0.3, 0.4) is 0 Å². The molecule has 1 heterocycles. The van der Waals surface area contributed by atoms with E-state index in [4.69, 9.17) is 10.5 Å². The summed E-state index contributed by atoms with van der Waals surface area (Å²) in [6, 6.07) is 3.14. The molecule has 1 aromatic carbocycles. The van der Waals surface area contributed by atoms with Crippen molar-refractivity contribution in [3.63, 3.8) is 0 Å². The number of hydrogen-bond donors (Lipinski definition) is 1. The predicted molar refractivity (Wildman–Crippen MR) is 57.6 cm³/mol. The zero-order valence-electron chi connectivity index (χ0n) is 9.53. The lowest BCUT2D eigenvalue weighted by atomic mass is 10.1. The largest absolute Gasteiger partial charge is 0.440 e. The monoisotopic (exact) mass is 269 g/mol. The van der Waals surface area contributed by atoms with Gasteiger partial charge in [0, 0.05) is 0 Å². The summed E-state index contributed by atoms with van der Waals surface area (Å²) in [5.74, 6) is -2.05. The molecule has 0 spiro atoms. The molecule has 0 aliphatic rings. The maximum absolute atomic E-state index is 13.2. The number of ether oxygens (including phenoxy) is 1. The van der Waals surface area contributed by atoms with E-state index in [9.17, 15) is 13.6 Å². The first-order valence-electron chi connectivity index (χ1n) is 5.18. The van der Waals surface area contributed by atoms with Gasteiger partial charge >= 0.3 is 6.09 Å². The highest BCUT2D eigenvalue weighted by atomic mass is 19.2. The summed E-state index contributed by atoms with van der Waals surface area (Å²) >= 11 is 0. The van der Waals surface area contributed by atoms with Gasteiger partial charge in [-0.05, 0) is 28.1 Å². The number of amides is 1. The third kappa shape index (κ3) is 3.21. The molecule has 0 radical (unpaired) electrons. The summed E-state index contributed by atoms with van der Waals surface area (Å²) in [5, 5.41) is 10.4. The number of primary amides is 1. The Morgan fingerprint density at radius 3 is 2.79 bits per heavy atom. The first-order chi connectivity index (χ1) is 9.06. The summed E-state index contributed by atoms with van der Waals surface area (Å²) in [6.45, 7) is 0.0288. The van der Waals surface area contributed by atoms with E-state index in [1.54, 1.807) is 0 Å². The molecule has 1 aromatic heterocycles. The molecule has 0 bridgehead atoms. The van der Waals surface area contributed by atoms with E-state index in [0.29, 0.717) is 0 Å². The van der Waals surface area contributed by atoms with Gasteiger partial charge in [0.15, 0.2) is 11.6 Å². The molecule has 0 aliphatic heterocycles. The van der Waals surface area contributed by atoms with Crippen LogP contribution >= 0.6 is 0 Å². The Kier molecular flexibility index (Phi) is 3.64. The molecule has 1 atom stereocenters. The first kappa shape index (κ1) is 12.9. The van der Waals surface area contributed by atoms with Crippen LogP contribution in [-0.2, 0) is 11.3 Å². The van der Waals surface area contributed by atoms with Crippen molar-refractivity contribution in [2.24, 2.45) is 5.73 Å². The Balaban J connectivity index is 2.25. The molecule has 0 saturated carbocycles. The van der Waals surface area contributed by atoms with Gasteiger partial charge in [0.2, 0.25) is 0 Å². The molecule has 0 saturated heterocycles. The molecular weight excluding hydrogens is 260 g/mol. The second-order valence-electron chi connectivity index (χ2n) is 3.63. The van der Waals surface area contributed by atoms with Crippen molar-refractivity contribution < 1.29 is 18.3 Å². The zero-order valence-corrected chi connectivity index (χ0v) is 9.53. The summed E-state index contributed by atoms with van der Waals surface area (Å²) < 4.78 is 32.1. The Morgan fingerprint density at radius 1 is 1.42 bits per heavy atom. The fourth-order valence-electron chi connectivity index (χ4n) is 1.50. The second kappa shape index (κ2) is 5.38. The number of halogens is 2. The van der Waals surface area contributed by atoms with Gasteiger partial charge in [-0.15, -0.1) is 5.10 Å². The van der Waals surface area contributed by atoms with Crippen molar-refractivity contribution in [3.8, 4) is 0 Å². The maximum atomic E-state index is 13.2. The minimum absolute atomic E-state index is 0.0288. The lowest BCUT2D eigenvalue weighted by molar-refractivity contribution is 0.0927. The first-order valence-corrected chi connectivity index (χ1v) is 5.18. The number of nitrogens with two attached hydrogens (primary N) is 1. The summed E-state index contributed by atoms with van der Waals surface area (Å²) in [4.78, 5) is 10.8. The normalized spacial score (nSPS) is 12.1. The lowest BCUT2D eigenvalue weighted by Gasteiger charge is -2.16. The van der Waals surface area contributed by atoms with E-state index in [2.05, 4.69) is 15.5 Å². The van der Waals surface area contributed by atoms with Crippen LogP contribution in [-0.4, -0.2) is 26.3 Å². The Hall–Kier alpha value is -2.58. The van der Waals surface area contributed by atoms with Crippen LogP contribution < -0.4 is 5.73 Å². The van der Waals surface area contributed by atoms with Gasteiger partial charge in [0.25, 0.3) is 0 Å². The number of carbonyl (C=O) groups excluding carboxylic acids is 1. The highest BCUT2D eigenvalue weighted by Crippen LogP contribution is 2.21. The highest BCUT2D eigenvalue weighted by Gasteiger charge is 2.18. The van der Waals surface area contributed by atoms with Crippen molar-refractivity contribution in [1.29, 1.82) is 0 Å². The minimum Gasteiger partial charge on any atom is -0.440 e. The van der Waals surface area contributed by atoms with Crippen LogP contribution in [0.5, 0.6) is 0 Å². The predicted octanol–water partition coefficient (Wildman–Crippen LogP) is 0.788. The molecule has 9 heteroatoms. The van der Waals surface area contributed by atoms with E-state index in [-0.39, 0.29) is 12.1 Å². The third-order valence-electron chi connectivity index (χ3n) is 2.32. The molecule has 2 rings (SSSR count). The number of benzene rings is 1. The molecule has 2 aromatic rings. The topological polar surface area (TPSA) is 95.9 Å². The quantitative estimate of drug-likeness (QED) is 0.885. The van der Waals surface area contributed by atoms with Crippen molar-refractivity contribution in [2.75, 3.05) is 0 Å². The molecule has 1 amide bonds. The average Bonchev–Trinajstić information content (AvgIpc) is 2.84. The SMILES string of the molecule is NC(=O)OC(Cn1cnnn1)c1ccc(F)c(F)c1. The van der Waals surface area contributed by atoms with Crippen LogP contribution in [0.1, 0.15) is 11.7 Å². The standard InChI is InChI=1S/C10H9F2N5O2/c11-7-2-1-6(3-8(7)12)9(19-10(13)18)4-17-5-14-15-16-17/h1-3,5,9H,4H2,(H2,13,18). The second-order valence-corrected chi connectivity index (χ2v) is 3.63. The van der Waals surface area contributed by atoms with Gasteiger partial charge in [-0.1, -0.05) is 6.07 Å². The van der Waals surface area contributed by atoms with Gasteiger partial charge in [0.1, 0.15) is 12.4 Å². The van der Waals surface area contributed by atoms with E-state index in [0.717, 1.165) is 12.1 Å².